The molecule has 110 valence electrons. The van der Waals surface area contributed by atoms with Gasteiger partial charge in [-0.2, -0.15) is 4.99 Å². The van der Waals surface area contributed by atoms with Gasteiger partial charge in [0, 0.05) is 43.4 Å². The molecule has 0 saturated carbocycles. The Morgan fingerprint density at radius 1 is 1.19 bits per heavy atom. The van der Waals surface area contributed by atoms with Crippen molar-refractivity contribution in [2.75, 3.05) is 19.0 Å². The van der Waals surface area contributed by atoms with Gasteiger partial charge in [-0.1, -0.05) is 0 Å². The van der Waals surface area contributed by atoms with E-state index in [-0.39, 0.29) is 5.96 Å². The summed E-state index contributed by atoms with van der Waals surface area (Å²) in [5.74, 6) is -0.679. The Balaban J connectivity index is 2.63. The summed E-state index contributed by atoms with van der Waals surface area (Å²) < 4.78 is 1.93. The zero-order valence-electron chi connectivity index (χ0n) is 12.4. The van der Waals surface area contributed by atoms with Gasteiger partial charge in [0.1, 0.15) is 0 Å². The van der Waals surface area contributed by atoms with Gasteiger partial charge in [0.15, 0.2) is 5.96 Å². The maximum absolute atomic E-state index is 12.2. The minimum Gasteiger partial charge on any atom is -0.377 e. The maximum atomic E-state index is 12.2. The molecule has 0 bridgehead atoms. The lowest BCUT2D eigenvalue weighted by molar-refractivity contribution is 0.100. The summed E-state index contributed by atoms with van der Waals surface area (Å²) in [4.78, 5) is 17.8. The molecular weight excluding hydrogens is 266 g/mol. The standard InChI is InChI=1S/C15H19N5O/c1-10-12(14(21)18-15(16)17)8-11(9-13(10)19(2)3)20-6-4-5-7-20/h4-9H,1-3H3,(H4,16,17,18,21). The molecule has 0 saturated heterocycles. The molecule has 1 heterocycles. The molecule has 1 amide bonds. The molecule has 6 nitrogen and oxygen atoms in total. The molecule has 0 fully saturated rings. The normalized spacial score (nSPS) is 10.2. The molecule has 0 aliphatic carbocycles. The van der Waals surface area contributed by atoms with E-state index < -0.39 is 5.91 Å². The molecule has 4 N–H and O–H groups in total. The predicted octanol–water partition coefficient (Wildman–Crippen LogP) is 1.27. The molecule has 21 heavy (non-hydrogen) atoms. The first kappa shape index (κ1) is 14.6. The second kappa shape index (κ2) is 5.70. The van der Waals surface area contributed by atoms with Gasteiger partial charge in [0.2, 0.25) is 0 Å². The Hall–Kier alpha value is -2.76. The van der Waals surface area contributed by atoms with Gasteiger partial charge < -0.3 is 20.9 Å². The van der Waals surface area contributed by atoms with Crippen LogP contribution in [0.4, 0.5) is 5.69 Å². The first-order valence-electron chi connectivity index (χ1n) is 6.49. The largest absolute Gasteiger partial charge is 0.377 e. The molecule has 0 aliphatic heterocycles. The average Bonchev–Trinajstić information content (AvgIpc) is 2.91. The molecule has 6 heteroatoms. The fourth-order valence-electron chi connectivity index (χ4n) is 2.20. The first-order valence-corrected chi connectivity index (χ1v) is 6.49. The molecule has 0 spiro atoms. The van der Waals surface area contributed by atoms with Crippen LogP contribution in [0.1, 0.15) is 15.9 Å². The fourth-order valence-corrected chi connectivity index (χ4v) is 2.20. The number of carbonyl (C=O) groups excluding carboxylic acids is 1. The monoisotopic (exact) mass is 285 g/mol. The smallest absolute Gasteiger partial charge is 0.280 e. The minimum atomic E-state index is -0.440. The number of carbonyl (C=O) groups is 1. The molecule has 0 aliphatic rings. The van der Waals surface area contributed by atoms with E-state index in [2.05, 4.69) is 4.99 Å². The van der Waals surface area contributed by atoms with E-state index in [4.69, 9.17) is 11.5 Å². The summed E-state index contributed by atoms with van der Waals surface area (Å²) in [6.45, 7) is 1.88. The summed E-state index contributed by atoms with van der Waals surface area (Å²) in [5, 5.41) is 0. The molecule has 0 unspecified atom stereocenters. The Morgan fingerprint density at radius 3 is 2.33 bits per heavy atom. The number of rotatable bonds is 3. The number of aliphatic imine (C=N–C) groups is 1. The van der Waals surface area contributed by atoms with Gasteiger partial charge in [-0.25, -0.2) is 0 Å². The second-order valence-corrected chi connectivity index (χ2v) is 4.96. The Bertz CT molecular complexity index is 682. The van der Waals surface area contributed by atoms with E-state index in [0.717, 1.165) is 16.9 Å². The van der Waals surface area contributed by atoms with E-state index in [1.807, 2.05) is 61.1 Å². The van der Waals surface area contributed by atoms with E-state index >= 15 is 0 Å². The zero-order chi connectivity index (χ0) is 15.6. The van der Waals surface area contributed by atoms with Gasteiger partial charge in [-0.05, 0) is 36.8 Å². The van der Waals surface area contributed by atoms with Crippen molar-refractivity contribution >= 4 is 17.6 Å². The van der Waals surface area contributed by atoms with Crippen LogP contribution in [-0.4, -0.2) is 30.5 Å². The molecule has 0 atom stereocenters. The van der Waals surface area contributed by atoms with Crippen molar-refractivity contribution in [2.24, 2.45) is 16.5 Å². The Kier molecular flexibility index (Phi) is 3.98. The lowest BCUT2D eigenvalue weighted by Crippen LogP contribution is -2.24. The zero-order valence-corrected chi connectivity index (χ0v) is 12.4. The highest BCUT2D eigenvalue weighted by molar-refractivity contribution is 6.04. The quantitative estimate of drug-likeness (QED) is 0.656. The van der Waals surface area contributed by atoms with E-state index in [9.17, 15) is 4.79 Å². The van der Waals surface area contributed by atoms with Gasteiger partial charge in [-0.15, -0.1) is 0 Å². The topological polar surface area (TPSA) is 89.6 Å². The third-order valence-electron chi connectivity index (χ3n) is 3.21. The fraction of sp³-hybridized carbons (Fsp3) is 0.200. The molecule has 1 aromatic heterocycles. The van der Waals surface area contributed by atoms with Crippen LogP contribution in [0.3, 0.4) is 0 Å². The van der Waals surface area contributed by atoms with Crippen molar-refractivity contribution in [2.45, 2.75) is 6.92 Å². The number of hydrogen-bond donors (Lipinski definition) is 2. The van der Waals surface area contributed by atoms with E-state index in [0.29, 0.717) is 5.56 Å². The third-order valence-corrected chi connectivity index (χ3v) is 3.21. The van der Waals surface area contributed by atoms with Crippen LogP contribution < -0.4 is 16.4 Å². The number of hydrogen-bond acceptors (Lipinski definition) is 2. The number of nitrogens with zero attached hydrogens (tertiary/aromatic N) is 3. The number of nitrogens with two attached hydrogens (primary N) is 2. The maximum Gasteiger partial charge on any atom is 0.280 e. The molecule has 2 rings (SSSR count). The first-order chi connectivity index (χ1) is 9.90. The van der Waals surface area contributed by atoms with Crippen LogP contribution in [0.2, 0.25) is 0 Å². The summed E-state index contributed by atoms with van der Waals surface area (Å²) in [6, 6.07) is 7.65. The second-order valence-electron chi connectivity index (χ2n) is 4.96. The van der Waals surface area contributed by atoms with Crippen molar-refractivity contribution in [3.05, 3.63) is 47.8 Å². The van der Waals surface area contributed by atoms with Gasteiger partial charge in [0.05, 0.1) is 0 Å². The molecule has 0 radical (unpaired) electrons. The van der Waals surface area contributed by atoms with Crippen LogP contribution in [-0.2, 0) is 0 Å². The minimum absolute atomic E-state index is 0.239. The third kappa shape index (κ3) is 3.05. The van der Waals surface area contributed by atoms with Crippen molar-refractivity contribution < 1.29 is 4.79 Å². The van der Waals surface area contributed by atoms with Crippen molar-refractivity contribution in [3.63, 3.8) is 0 Å². The van der Waals surface area contributed by atoms with Crippen LogP contribution in [0.15, 0.2) is 41.7 Å². The Labute approximate surface area is 123 Å². The van der Waals surface area contributed by atoms with Crippen LogP contribution in [0.5, 0.6) is 0 Å². The van der Waals surface area contributed by atoms with Crippen LogP contribution in [0.25, 0.3) is 5.69 Å². The number of benzene rings is 1. The molecule has 2 aromatic rings. The summed E-state index contributed by atoms with van der Waals surface area (Å²) >= 11 is 0. The SMILES string of the molecule is Cc1c(C(=O)N=C(N)N)cc(-n2cccc2)cc1N(C)C. The number of anilines is 1. The van der Waals surface area contributed by atoms with Crippen molar-refractivity contribution in [1.29, 1.82) is 0 Å². The molecular formula is C15H19N5O. The van der Waals surface area contributed by atoms with Crippen LogP contribution in [0, 0.1) is 6.92 Å². The lowest BCUT2D eigenvalue weighted by atomic mass is 10.0. The lowest BCUT2D eigenvalue weighted by Gasteiger charge is -2.19. The number of aromatic nitrogens is 1. The highest BCUT2D eigenvalue weighted by Gasteiger charge is 2.15. The highest BCUT2D eigenvalue weighted by atomic mass is 16.1. The van der Waals surface area contributed by atoms with E-state index in [1.54, 1.807) is 6.07 Å². The van der Waals surface area contributed by atoms with Crippen molar-refractivity contribution in [1.82, 2.24) is 4.57 Å². The van der Waals surface area contributed by atoms with Gasteiger partial charge in [-0.3, -0.25) is 4.79 Å². The highest BCUT2D eigenvalue weighted by Crippen LogP contribution is 2.26. The van der Waals surface area contributed by atoms with Gasteiger partial charge >= 0.3 is 0 Å². The van der Waals surface area contributed by atoms with Crippen molar-refractivity contribution in [3.8, 4) is 5.69 Å². The van der Waals surface area contributed by atoms with Crippen LogP contribution >= 0.6 is 0 Å². The number of amides is 1. The summed E-state index contributed by atoms with van der Waals surface area (Å²) in [6.07, 6.45) is 3.83. The molecule has 1 aromatic carbocycles. The summed E-state index contributed by atoms with van der Waals surface area (Å²) in [7, 11) is 3.85. The van der Waals surface area contributed by atoms with Gasteiger partial charge in [0.25, 0.3) is 5.91 Å². The summed E-state index contributed by atoms with van der Waals surface area (Å²) in [5.41, 5.74) is 13.7. The average molecular weight is 285 g/mol. The Morgan fingerprint density at radius 2 is 1.81 bits per heavy atom. The predicted molar refractivity (Wildman–Crippen MR) is 85.0 cm³/mol. The van der Waals surface area contributed by atoms with E-state index in [1.165, 1.54) is 0 Å². The number of guanidine groups is 1.